The van der Waals surface area contributed by atoms with Crippen molar-refractivity contribution in [2.45, 2.75) is 58.5 Å². The van der Waals surface area contributed by atoms with Crippen molar-refractivity contribution in [1.82, 2.24) is 17.6 Å². The zero-order valence-corrected chi connectivity index (χ0v) is 15.8. The van der Waals surface area contributed by atoms with Crippen molar-refractivity contribution in [3.63, 3.8) is 0 Å². The first kappa shape index (κ1) is 24.5. The third-order valence-corrected chi connectivity index (χ3v) is 5.43. The summed E-state index contributed by atoms with van der Waals surface area (Å²) in [4.78, 5) is 33.7. The van der Waals surface area contributed by atoms with Gasteiger partial charge in [0.05, 0.1) is 0 Å². The lowest BCUT2D eigenvalue weighted by Gasteiger charge is -2.42. The molecule has 1 rings (SSSR count). The molecule has 0 spiro atoms. The zero-order valence-electron chi connectivity index (χ0n) is 14.9. The highest BCUT2D eigenvalue weighted by molar-refractivity contribution is 7.53. The molecule has 0 saturated carbocycles. The number of nitrogens with one attached hydrogen (secondary N) is 1. The van der Waals surface area contributed by atoms with E-state index >= 15 is 0 Å². The Kier molecular flexibility index (Phi) is 10.8. The van der Waals surface area contributed by atoms with Gasteiger partial charge in [0.2, 0.25) is 5.91 Å². The lowest BCUT2D eigenvalue weighted by molar-refractivity contribution is -0.310. The Morgan fingerprint density at radius 3 is 2.26 bits per heavy atom. The summed E-state index contributed by atoms with van der Waals surface area (Å²) in [6, 6.07) is -0.526. The Balaban J connectivity index is 0. The third-order valence-electron chi connectivity index (χ3n) is 4.36. The van der Waals surface area contributed by atoms with E-state index in [2.05, 4.69) is 19.2 Å². The predicted octanol–water partition coefficient (Wildman–Crippen LogP) is 1.21. The average molecular weight is 352 g/mol. The van der Waals surface area contributed by atoms with E-state index in [1.54, 1.807) is 0 Å². The molecule has 0 bridgehead atoms. The van der Waals surface area contributed by atoms with Crippen molar-refractivity contribution in [2.24, 2.45) is 17.6 Å². The number of carbonyl (C=O) groups is 1. The summed E-state index contributed by atoms with van der Waals surface area (Å²) in [5.74, 6) is 0.118. The minimum absolute atomic E-state index is 0. The fraction of sp³-hybridized carbons (Fsp3) is 0.786. The zero-order chi connectivity index (χ0) is 16.2. The van der Waals surface area contributed by atoms with E-state index in [-0.39, 0.29) is 47.8 Å². The van der Waals surface area contributed by atoms with Crippen LogP contribution in [-0.2, 0) is 9.36 Å². The maximum absolute atomic E-state index is 11.5. The van der Waals surface area contributed by atoms with Crippen LogP contribution in [0.1, 0.15) is 46.5 Å². The number of amides is 1. The molecule has 138 valence electrons. The third kappa shape index (κ3) is 6.71. The number of carbonyl (C=O) groups excluding carboxylic acids is 1. The van der Waals surface area contributed by atoms with Crippen molar-refractivity contribution < 1.29 is 19.1 Å². The minimum atomic E-state index is -4.71. The molecule has 0 aromatic carbocycles. The average Bonchev–Trinajstić information content (AvgIpc) is 2.37. The smallest absolute Gasteiger partial charge is 0.217 e. The first-order valence-corrected chi connectivity index (χ1v) is 8.99. The number of nitrogens with two attached hydrogens (primary N) is 1. The Bertz CT molecular complexity index is 448. The molecule has 0 aromatic heterocycles. The van der Waals surface area contributed by atoms with Crippen LogP contribution in [0, 0.1) is 11.8 Å². The van der Waals surface area contributed by atoms with Crippen LogP contribution < -0.4 is 33.1 Å². The van der Waals surface area contributed by atoms with E-state index in [4.69, 9.17) is 5.73 Å². The van der Waals surface area contributed by atoms with E-state index in [1.165, 1.54) is 13.0 Å². The highest BCUT2D eigenvalue weighted by Gasteiger charge is 2.34. The van der Waals surface area contributed by atoms with Crippen LogP contribution in [-0.4, -0.2) is 18.0 Å². The molecular formula is C14H33N4O4P. The van der Waals surface area contributed by atoms with Crippen molar-refractivity contribution >= 4 is 13.5 Å². The van der Waals surface area contributed by atoms with Gasteiger partial charge in [0, 0.05) is 19.0 Å². The second-order valence-corrected chi connectivity index (χ2v) is 7.33. The van der Waals surface area contributed by atoms with Crippen LogP contribution in [0.3, 0.4) is 0 Å². The first-order chi connectivity index (χ1) is 9.70. The fourth-order valence-electron chi connectivity index (χ4n) is 3.17. The molecule has 8 nitrogen and oxygen atoms in total. The maximum atomic E-state index is 11.5. The molecule has 9 heteroatoms. The molecule has 0 saturated heterocycles. The van der Waals surface area contributed by atoms with Crippen LogP contribution in [0.2, 0.25) is 0 Å². The largest absolute Gasteiger partial charge is 0.808 e. The number of hydrogen-bond acceptors (Lipinski definition) is 5. The standard InChI is InChI=1S/C14H27N2O4P.2H3N/c1-4-10(5-2)14(16-9(3)17)12-7-6-11(8-13(12)15)21(18,19)20;;/h6,10,12-14H,4-5,7-8,15H2,1-3H3,(H,16,17)(H2,18,19,20);2*1H3/t12-,13-,14-;;/m0../s1. The van der Waals surface area contributed by atoms with Crippen molar-refractivity contribution in [3.8, 4) is 0 Å². The van der Waals surface area contributed by atoms with Gasteiger partial charge in [-0.1, -0.05) is 32.8 Å². The fourth-order valence-corrected chi connectivity index (χ4v) is 3.93. The highest BCUT2D eigenvalue weighted by atomic mass is 31.2. The molecule has 3 atom stereocenters. The van der Waals surface area contributed by atoms with Crippen LogP contribution in [0.15, 0.2) is 11.4 Å². The lowest BCUT2D eigenvalue weighted by atomic mass is 9.76. The summed E-state index contributed by atoms with van der Waals surface area (Å²) in [7, 11) is -4.71. The van der Waals surface area contributed by atoms with Gasteiger partial charge in [0.25, 0.3) is 0 Å². The lowest BCUT2D eigenvalue weighted by Crippen LogP contribution is -2.51. The molecule has 0 aromatic rings. The molecule has 23 heavy (non-hydrogen) atoms. The molecule has 11 N–H and O–H groups in total. The molecule has 0 unspecified atom stereocenters. The molecule has 1 amide bonds. The van der Waals surface area contributed by atoms with Crippen LogP contribution in [0.25, 0.3) is 0 Å². The molecule has 0 heterocycles. The predicted molar refractivity (Wildman–Crippen MR) is 90.0 cm³/mol. The van der Waals surface area contributed by atoms with Crippen LogP contribution >= 0.6 is 7.60 Å². The second kappa shape index (κ2) is 10.2. The van der Waals surface area contributed by atoms with E-state index in [9.17, 15) is 19.1 Å². The van der Waals surface area contributed by atoms with E-state index in [1.807, 2.05) is 0 Å². The molecule has 1 aliphatic rings. The monoisotopic (exact) mass is 352 g/mol. The number of quaternary nitrogens is 2. The molecule has 0 aliphatic heterocycles. The number of allylic oxidation sites excluding steroid dienone is 1. The molecule has 0 radical (unpaired) electrons. The van der Waals surface area contributed by atoms with Gasteiger partial charge in [-0.2, -0.15) is 0 Å². The quantitative estimate of drug-likeness (QED) is 0.521. The summed E-state index contributed by atoms with van der Waals surface area (Å²) in [5.41, 5.74) is 6.10. The normalized spacial score (nSPS) is 22.5. The SMILES string of the molecule is CCC(CC)[C@H](NC(C)=O)[C@H]1CC=C(P(=O)([O-])[O-])C[C@@H]1N.[NH4+].[NH4+]. The van der Waals surface area contributed by atoms with Gasteiger partial charge in [-0.05, 0) is 37.6 Å². The van der Waals surface area contributed by atoms with Gasteiger partial charge in [0.1, 0.15) is 0 Å². The Hall–Kier alpha value is -0.760. The van der Waals surface area contributed by atoms with Crippen molar-refractivity contribution in [2.75, 3.05) is 0 Å². The van der Waals surface area contributed by atoms with E-state index in [0.29, 0.717) is 6.42 Å². The second-order valence-electron chi connectivity index (χ2n) is 5.76. The summed E-state index contributed by atoms with van der Waals surface area (Å²) in [6.07, 6.45) is 3.76. The topological polar surface area (TPSA) is 191 Å². The van der Waals surface area contributed by atoms with Gasteiger partial charge in [0.15, 0.2) is 0 Å². The Morgan fingerprint density at radius 1 is 1.39 bits per heavy atom. The highest BCUT2D eigenvalue weighted by Crippen LogP contribution is 2.43. The van der Waals surface area contributed by atoms with Gasteiger partial charge >= 0.3 is 0 Å². The van der Waals surface area contributed by atoms with Crippen LogP contribution in [0.5, 0.6) is 0 Å². The summed E-state index contributed by atoms with van der Waals surface area (Å²) < 4.78 is 11.1. The van der Waals surface area contributed by atoms with Crippen molar-refractivity contribution in [3.05, 3.63) is 11.4 Å². The van der Waals surface area contributed by atoms with Gasteiger partial charge in [-0.25, -0.2) is 0 Å². The molecule has 1 aliphatic carbocycles. The summed E-state index contributed by atoms with van der Waals surface area (Å²) in [5, 5.41) is 2.86. The summed E-state index contributed by atoms with van der Waals surface area (Å²) >= 11 is 0. The van der Waals surface area contributed by atoms with Crippen molar-refractivity contribution in [1.29, 1.82) is 0 Å². The first-order valence-electron chi connectivity index (χ1n) is 7.45. The Labute approximate surface area is 138 Å². The maximum Gasteiger partial charge on any atom is 0.217 e. The van der Waals surface area contributed by atoms with Crippen LogP contribution in [0.4, 0.5) is 0 Å². The molecule has 0 fully saturated rings. The van der Waals surface area contributed by atoms with E-state index in [0.717, 1.165) is 12.8 Å². The molecular weight excluding hydrogens is 319 g/mol. The minimum Gasteiger partial charge on any atom is -0.808 e. The number of hydrogen-bond donors (Lipinski definition) is 4. The number of rotatable bonds is 6. The van der Waals surface area contributed by atoms with Gasteiger partial charge < -0.3 is 37.7 Å². The Morgan fingerprint density at radius 2 is 1.91 bits per heavy atom. The van der Waals surface area contributed by atoms with E-state index < -0.39 is 13.6 Å². The summed E-state index contributed by atoms with van der Waals surface area (Å²) in [6.45, 7) is 5.58. The van der Waals surface area contributed by atoms with Gasteiger partial charge in [-0.15, -0.1) is 0 Å². The van der Waals surface area contributed by atoms with Gasteiger partial charge in [-0.3, -0.25) is 4.79 Å².